The highest BCUT2D eigenvalue weighted by molar-refractivity contribution is 5.47. The lowest BCUT2D eigenvalue weighted by atomic mass is 9.93. The molecule has 0 bridgehead atoms. The van der Waals surface area contributed by atoms with Gasteiger partial charge in [0, 0.05) is 19.8 Å². The van der Waals surface area contributed by atoms with Crippen molar-refractivity contribution in [2.24, 2.45) is 0 Å². The number of aromatic nitrogens is 4. The van der Waals surface area contributed by atoms with Crippen molar-refractivity contribution >= 4 is 11.6 Å². The van der Waals surface area contributed by atoms with E-state index in [2.05, 4.69) is 74.3 Å². The second-order valence-corrected chi connectivity index (χ2v) is 6.29. The van der Waals surface area contributed by atoms with E-state index in [-0.39, 0.29) is 12.1 Å². The number of benzene rings is 2. The van der Waals surface area contributed by atoms with Crippen LogP contribution in [0.4, 0.5) is 11.6 Å². The molecule has 2 aromatic carbocycles. The van der Waals surface area contributed by atoms with Gasteiger partial charge in [-0.25, -0.2) is 4.68 Å². The van der Waals surface area contributed by atoms with Crippen molar-refractivity contribution in [2.45, 2.75) is 18.5 Å². The second-order valence-electron chi connectivity index (χ2n) is 6.29. The number of nitrogens with one attached hydrogen (secondary N) is 1. The van der Waals surface area contributed by atoms with Crippen LogP contribution in [0.25, 0.3) is 0 Å². The molecule has 2 heterocycles. The standard InChI is InChI=1S/C18H20N6/c1-23(2)15-10-8-14(9-11-15)17-12-16(13-6-4-3-5-7-13)19-18-20-21-22-24(17)18/h3-11,16-17H,12H2,1-2H3,(H,19,20,22). The first-order valence-corrected chi connectivity index (χ1v) is 8.09. The molecule has 0 saturated heterocycles. The van der Waals surface area contributed by atoms with Gasteiger partial charge >= 0.3 is 0 Å². The maximum Gasteiger partial charge on any atom is 0.243 e. The van der Waals surface area contributed by atoms with Gasteiger partial charge in [-0.1, -0.05) is 47.6 Å². The van der Waals surface area contributed by atoms with Gasteiger partial charge in [-0.3, -0.25) is 0 Å². The molecule has 0 radical (unpaired) electrons. The molecule has 6 nitrogen and oxygen atoms in total. The molecular formula is C18H20N6. The average Bonchev–Trinajstić information content (AvgIpc) is 3.10. The first kappa shape index (κ1) is 14.7. The number of tetrazole rings is 1. The zero-order valence-electron chi connectivity index (χ0n) is 13.8. The minimum absolute atomic E-state index is 0.123. The van der Waals surface area contributed by atoms with Gasteiger partial charge in [-0.15, -0.1) is 0 Å². The van der Waals surface area contributed by atoms with Crippen molar-refractivity contribution in [2.75, 3.05) is 24.3 Å². The zero-order valence-corrected chi connectivity index (χ0v) is 13.8. The van der Waals surface area contributed by atoms with Crippen LogP contribution in [0.1, 0.15) is 29.6 Å². The summed E-state index contributed by atoms with van der Waals surface area (Å²) < 4.78 is 1.88. The molecule has 1 aromatic heterocycles. The summed E-state index contributed by atoms with van der Waals surface area (Å²) >= 11 is 0. The molecule has 0 fully saturated rings. The van der Waals surface area contributed by atoms with Gasteiger partial charge < -0.3 is 10.2 Å². The van der Waals surface area contributed by atoms with E-state index in [4.69, 9.17) is 0 Å². The van der Waals surface area contributed by atoms with Gasteiger partial charge in [0.1, 0.15) is 0 Å². The monoisotopic (exact) mass is 320 g/mol. The van der Waals surface area contributed by atoms with Crippen LogP contribution in [-0.4, -0.2) is 34.3 Å². The zero-order chi connectivity index (χ0) is 16.5. The summed E-state index contributed by atoms with van der Waals surface area (Å²) in [6.07, 6.45) is 0.906. The normalized spacial score (nSPS) is 19.4. The quantitative estimate of drug-likeness (QED) is 0.804. The van der Waals surface area contributed by atoms with E-state index in [0.717, 1.165) is 12.4 Å². The lowest BCUT2D eigenvalue weighted by Gasteiger charge is -2.31. The molecule has 1 aliphatic rings. The van der Waals surface area contributed by atoms with E-state index in [9.17, 15) is 0 Å². The summed E-state index contributed by atoms with van der Waals surface area (Å²) in [6.45, 7) is 0. The predicted octanol–water partition coefficient (Wildman–Crippen LogP) is 2.89. The fourth-order valence-electron chi connectivity index (χ4n) is 3.21. The SMILES string of the molecule is CN(C)c1ccc(C2CC(c3ccccc3)Nc3nnnn32)cc1. The van der Waals surface area contributed by atoms with E-state index in [1.807, 2.05) is 24.8 Å². The number of hydrogen-bond donors (Lipinski definition) is 1. The first-order chi connectivity index (χ1) is 11.7. The predicted molar refractivity (Wildman–Crippen MR) is 94.1 cm³/mol. The summed E-state index contributed by atoms with van der Waals surface area (Å²) in [5.41, 5.74) is 3.66. The van der Waals surface area contributed by atoms with Gasteiger partial charge in [0.15, 0.2) is 0 Å². The Labute approximate surface area is 141 Å². The van der Waals surface area contributed by atoms with Crippen molar-refractivity contribution in [1.29, 1.82) is 0 Å². The molecule has 0 amide bonds. The largest absolute Gasteiger partial charge is 0.378 e. The molecule has 2 unspecified atom stereocenters. The van der Waals surface area contributed by atoms with Crippen LogP contribution in [0.3, 0.4) is 0 Å². The van der Waals surface area contributed by atoms with Crippen molar-refractivity contribution < 1.29 is 0 Å². The van der Waals surface area contributed by atoms with Gasteiger partial charge in [0.2, 0.25) is 5.95 Å². The van der Waals surface area contributed by atoms with E-state index < -0.39 is 0 Å². The maximum atomic E-state index is 4.18. The van der Waals surface area contributed by atoms with Gasteiger partial charge in [0.05, 0.1) is 12.1 Å². The van der Waals surface area contributed by atoms with Crippen LogP contribution in [0.2, 0.25) is 0 Å². The molecular weight excluding hydrogens is 300 g/mol. The minimum atomic E-state index is 0.123. The van der Waals surface area contributed by atoms with E-state index in [1.165, 1.54) is 16.8 Å². The molecule has 4 rings (SSSR count). The Morgan fingerprint density at radius 1 is 1.00 bits per heavy atom. The number of anilines is 2. The Bertz CT molecular complexity index is 809. The average molecular weight is 320 g/mol. The van der Waals surface area contributed by atoms with E-state index in [0.29, 0.717) is 0 Å². The lowest BCUT2D eigenvalue weighted by Crippen LogP contribution is -2.28. The fraction of sp³-hybridized carbons (Fsp3) is 0.278. The van der Waals surface area contributed by atoms with Crippen LogP contribution in [0.15, 0.2) is 54.6 Å². The summed E-state index contributed by atoms with van der Waals surface area (Å²) in [6, 6.07) is 19.4. The summed E-state index contributed by atoms with van der Waals surface area (Å²) in [5.74, 6) is 0.719. The van der Waals surface area contributed by atoms with Crippen LogP contribution in [0.5, 0.6) is 0 Å². The molecule has 122 valence electrons. The third-order valence-corrected chi connectivity index (χ3v) is 4.55. The van der Waals surface area contributed by atoms with Crippen LogP contribution in [0, 0.1) is 0 Å². The Balaban J connectivity index is 1.69. The second kappa shape index (κ2) is 5.96. The van der Waals surface area contributed by atoms with Crippen molar-refractivity contribution in [3.8, 4) is 0 Å². The van der Waals surface area contributed by atoms with Crippen LogP contribution in [-0.2, 0) is 0 Å². The molecule has 0 saturated carbocycles. The van der Waals surface area contributed by atoms with E-state index >= 15 is 0 Å². The van der Waals surface area contributed by atoms with Gasteiger partial charge in [-0.2, -0.15) is 0 Å². The lowest BCUT2D eigenvalue weighted by molar-refractivity contribution is 0.424. The summed E-state index contributed by atoms with van der Waals surface area (Å²) in [4.78, 5) is 2.10. The topological polar surface area (TPSA) is 58.9 Å². The number of fused-ring (bicyclic) bond motifs is 1. The molecule has 24 heavy (non-hydrogen) atoms. The third-order valence-electron chi connectivity index (χ3n) is 4.55. The Hall–Kier alpha value is -2.89. The molecule has 2 atom stereocenters. The number of hydrogen-bond acceptors (Lipinski definition) is 5. The molecule has 1 aliphatic heterocycles. The van der Waals surface area contributed by atoms with E-state index in [1.54, 1.807) is 0 Å². The Kier molecular flexibility index (Phi) is 3.65. The molecule has 1 N–H and O–H groups in total. The molecule has 6 heteroatoms. The Morgan fingerprint density at radius 2 is 1.75 bits per heavy atom. The highest BCUT2D eigenvalue weighted by Crippen LogP contribution is 2.37. The third kappa shape index (κ3) is 2.60. The fourth-order valence-corrected chi connectivity index (χ4v) is 3.21. The molecule has 0 aliphatic carbocycles. The minimum Gasteiger partial charge on any atom is -0.378 e. The molecule has 3 aromatic rings. The van der Waals surface area contributed by atoms with Gasteiger partial charge in [-0.05, 0) is 40.1 Å². The van der Waals surface area contributed by atoms with Crippen LogP contribution < -0.4 is 10.2 Å². The number of rotatable bonds is 3. The highest BCUT2D eigenvalue weighted by Gasteiger charge is 2.30. The highest BCUT2D eigenvalue weighted by atomic mass is 15.6. The van der Waals surface area contributed by atoms with Crippen molar-refractivity contribution in [3.63, 3.8) is 0 Å². The first-order valence-electron chi connectivity index (χ1n) is 8.09. The summed E-state index contributed by atoms with van der Waals surface area (Å²) in [5, 5.41) is 15.6. The summed E-state index contributed by atoms with van der Waals surface area (Å²) in [7, 11) is 4.09. The number of nitrogens with zero attached hydrogens (tertiary/aromatic N) is 5. The smallest absolute Gasteiger partial charge is 0.243 e. The molecule has 0 spiro atoms. The van der Waals surface area contributed by atoms with Crippen LogP contribution >= 0.6 is 0 Å². The van der Waals surface area contributed by atoms with Crippen molar-refractivity contribution in [1.82, 2.24) is 20.2 Å². The maximum absolute atomic E-state index is 4.18. The van der Waals surface area contributed by atoms with Crippen molar-refractivity contribution in [3.05, 3.63) is 65.7 Å². The van der Waals surface area contributed by atoms with Gasteiger partial charge in [0.25, 0.3) is 0 Å². The Morgan fingerprint density at radius 3 is 2.46 bits per heavy atom.